The highest BCUT2D eigenvalue weighted by Gasteiger charge is 2.23. The van der Waals surface area contributed by atoms with E-state index in [1.54, 1.807) is 7.05 Å². The van der Waals surface area contributed by atoms with Gasteiger partial charge in [0.1, 0.15) is 0 Å². The van der Waals surface area contributed by atoms with E-state index in [0.717, 1.165) is 18.9 Å². The zero-order chi connectivity index (χ0) is 14.4. The molecular weight excluding hydrogens is 254 g/mol. The first-order chi connectivity index (χ1) is 9.72. The Balaban J connectivity index is 1.98. The highest BCUT2D eigenvalue weighted by molar-refractivity contribution is 5.35. The van der Waals surface area contributed by atoms with Crippen LogP contribution in [0.25, 0.3) is 0 Å². The van der Waals surface area contributed by atoms with Gasteiger partial charge in [-0.15, -0.1) is 0 Å². The molecule has 1 aliphatic carbocycles. The van der Waals surface area contributed by atoms with Crippen molar-refractivity contribution < 1.29 is 4.74 Å². The molecule has 2 unspecified atom stereocenters. The van der Waals surface area contributed by atoms with Crippen LogP contribution in [-0.4, -0.2) is 35.2 Å². The molecule has 0 radical (unpaired) electrons. The molecule has 2 atom stereocenters. The number of anilines is 2. The molecule has 1 fully saturated rings. The Kier molecular flexibility index (Phi) is 5.38. The van der Waals surface area contributed by atoms with Crippen molar-refractivity contribution in [3.63, 3.8) is 0 Å². The minimum atomic E-state index is 0.383. The Bertz CT molecular complexity index is 426. The molecule has 2 rings (SSSR count). The zero-order valence-corrected chi connectivity index (χ0v) is 12.6. The number of hydrogen-bond acceptors (Lipinski definition) is 6. The van der Waals surface area contributed by atoms with Gasteiger partial charge in [0, 0.05) is 13.6 Å². The van der Waals surface area contributed by atoms with Crippen LogP contribution in [0.4, 0.5) is 11.9 Å². The molecule has 0 spiro atoms. The number of hydrogen-bond donors (Lipinski definition) is 2. The van der Waals surface area contributed by atoms with Crippen LogP contribution in [0, 0.1) is 11.8 Å². The maximum Gasteiger partial charge on any atom is 0.323 e. The van der Waals surface area contributed by atoms with Gasteiger partial charge in [0.25, 0.3) is 0 Å². The molecule has 0 aromatic carbocycles. The average molecular weight is 279 g/mol. The van der Waals surface area contributed by atoms with E-state index in [-0.39, 0.29) is 0 Å². The minimum absolute atomic E-state index is 0.383. The minimum Gasteiger partial charge on any atom is -0.463 e. The summed E-state index contributed by atoms with van der Waals surface area (Å²) < 4.78 is 5.49. The quantitative estimate of drug-likeness (QED) is 0.799. The van der Waals surface area contributed by atoms with Crippen LogP contribution in [0.15, 0.2) is 0 Å². The highest BCUT2D eigenvalue weighted by atomic mass is 16.5. The monoisotopic (exact) mass is 279 g/mol. The van der Waals surface area contributed by atoms with Crippen molar-refractivity contribution in [3.05, 3.63) is 0 Å². The fourth-order valence-corrected chi connectivity index (χ4v) is 2.55. The van der Waals surface area contributed by atoms with Gasteiger partial charge in [-0.2, -0.15) is 15.0 Å². The standard InChI is InChI=1S/C14H25N5O/c1-4-8-20-14-18-12(15-3)17-13(19-14)16-9-11-7-5-6-10(11)2/h10-11H,4-9H2,1-3H3,(H2,15,16,17,18,19). The summed E-state index contributed by atoms with van der Waals surface area (Å²) in [5.41, 5.74) is 0. The van der Waals surface area contributed by atoms with Crippen LogP contribution in [-0.2, 0) is 0 Å². The molecule has 0 bridgehead atoms. The Labute approximate surface area is 120 Å². The number of ether oxygens (including phenoxy) is 1. The second kappa shape index (κ2) is 7.26. The summed E-state index contributed by atoms with van der Waals surface area (Å²) in [5.74, 6) is 2.62. The molecule has 0 aliphatic heterocycles. The number of nitrogens with one attached hydrogen (secondary N) is 2. The van der Waals surface area contributed by atoms with Gasteiger partial charge in [0.15, 0.2) is 0 Å². The Morgan fingerprint density at radius 2 is 2.00 bits per heavy atom. The highest BCUT2D eigenvalue weighted by Crippen LogP contribution is 2.31. The zero-order valence-electron chi connectivity index (χ0n) is 12.6. The smallest absolute Gasteiger partial charge is 0.323 e. The maximum atomic E-state index is 5.49. The molecule has 6 heteroatoms. The molecule has 1 aromatic heterocycles. The summed E-state index contributed by atoms with van der Waals surface area (Å²) in [6, 6.07) is 0.383. The lowest BCUT2D eigenvalue weighted by Gasteiger charge is -2.16. The van der Waals surface area contributed by atoms with E-state index in [1.165, 1.54) is 19.3 Å². The van der Waals surface area contributed by atoms with Crippen LogP contribution in [0.1, 0.15) is 39.5 Å². The van der Waals surface area contributed by atoms with Gasteiger partial charge in [-0.25, -0.2) is 0 Å². The molecule has 1 heterocycles. The van der Waals surface area contributed by atoms with Gasteiger partial charge in [-0.05, 0) is 24.7 Å². The van der Waals surface area contributed by atoms with E-state index in [2.05, 4.69) is 39.4 Å². The van der Waals surface area contributed by atoms with Crippen LogP contribution in [0.3, 0.4) is 0 Å². The third-order valence-electron chi connectivity index (χ3n) is 3.84. The van der Waals surface area contributed by atoms with E-state index >= 15 is 0 Å². The topological polar surface area (TPSA) is 72.0 Å². The maximum absolute atomic E-state index is 5.49. The first-order valence-corrected chi connectivity index (χ1v) is 7.53. The molecule has 20 heavy (non-hydrogen) atoms. The SMILES string of the molecule is CCCOc1nc(NC)nc(NCC2CCCC2C)n1. The lowest BCUT2D eigenvalue weighted by Crippen LogP contribution is -2.18. The molecule has 1 saturated carbocycles. The predicted molar refractivity (Wildman–Crippen MR) is 80.2 cm³/mol. The number of rotatable bonds is 7. The van der Waals surface area contributed by atoms with Crippen molar-refractivity contribution in [1.82, 2.24) is 15.0 Å². The Morgan fingerprint density at radius 1 is 1.20 bits per heavy atom. The first-order valence-electron chi connectivity index (χ1n) is 7.53. The normalized spacial score (nSPS) is 21.8. The van der Waals surface area contributed by atoms with Gasteiger partial charge in [0.05, 0.1) is 6.61 Å². The van der Waals surface area contributed by atoms with Crippen molar-refractivity contribution in [2.45, 2.75) is 39.5 Å². The van der Waals surface area contributed by atoms with Crippen LogP contribution < -0.4 is 15.4 Å². The Morgan fingerprint density at radius 3 is 2.65 bits per heavy atom. The largest absolute Gasteiger partial charge is 0.463 e. The second-order valence-electron chi connectivity index (χ2n) is 5.41. The van der Waals surface area contributed by atoms with Crippen LogP contribution >= 0.6 is 0 Å². The van der Waals surface area contributed by atoms with Crippen molar-refractivity contribution in [3.8, 4) is 6.01 Å². The van der Waals surface area contributed by atoms with Gasteiger partial charge in [-0.1, -0.05) is 26.7 Å². The lowest BCUT2D eigenvalue weighted by molar-refractivity contribution is 0.292. The molecule has 1 aliphatic rings. The molecule has 6 nitrogen and oxygen atoms in total. The summed E-state index contributed by atoms with van der Waals surface area (Å²) in [6.07, 6.45) is 4.88. The third kappa shape index (κ3) is 3.95. The van der Waals surface area contributed by atoms with Gasteiger partial charge < -0.3 is 15.4 Å². The lowest BCUT2D eigenvalue weighted by atomic mass is 9.98. The molecule has 1 aromatic rings. The molecule has 0 saturated heterocycles. The fourth-order valence-electron chi connectivity index (χ4n) is 2.55. The van der Waals surface area contributed by atoms with Gasteiger partial charge in [0.2, 0.25) is 11.9 Å². The molecular formula is C14H25N5O. The summed E-state index contributed by atoms with van der Waals surface area (Å²) in [5, 5.41) is 6.27. The summed E-state index contributed by atoms with van der Waals surface area (Å²) >= 11 is 0. The number of nitrogens with zero attached hydrogens (tertiary/aromatic N) is 3. The number of aromatic nitrogens is 3. The van der Waals surface area contributed by atoms with Crippen molar-refractivity contribution in [1.29, 1.82) is 0 Å². The molecule has 112 valence electrons. The van der Waals surface area contributed by atoms with Crippen molar-refractivity contribution >= 4 is 11.9 Å². The van der Waals surface area contributed by atoms with Crippen LogP contribution in [0.5, 0.6) is 6.01 Å². The van der Waals surface area contributed by atoms with Crippen molar-refractivity contribution in [2.24, 2.45) is 11.8 Å². The molecule has 2 N–H and O–H groups in total. The average Bonchev–Trinajstić information content (AvgIpc) is 2.88. The van der Waals surface area contributed by atoms with Crippen molar-refractivity contribution in [2.75, 3.05) is 30.8 Å². The van der Waals surface area contributed by atoms with E-state index in [0.29, 0.717) is 30.4 Å². The van der Waals surface area contributed by atoms with Gasteiger partial charge in [-0.3, -0.25) is 0 Å². The second-order valence-corrected chi connectivity index (χ2v) is 5.41. The van der Waals surface area contributed by atoms with Gasteiger partial charge >= 0.3 is 6.01 Å². The van der Waals surface area contributed by atoms with E-state index in [9.17, 15) is 0 Å². The Hall–Kier alpha value is -1.59. The van der Waals surface area contributed by atoms with E-state index in [4.69, 9.17) is 4.74 Å². The summed E-state index contributed by atoms with van der Waals surface area (Å²) in [6.45, 7) is 5.91. The third-order valence-corrected chi connectivity index (χ3v) is 3.84. The van der Waals surface area contributed by atoms with E-state index < -0.39 is 0 Å². The predicted octanol–water partition coefficient (Wildman–Crippen LogP) is 2.55. The summed E-state index contributed by atoms with van der Waals surface area (Å²) in [4.78, 5) is 12.8. The first kappa shape index (κ1) is 14.8. The fraction of sp³-hybridized carbons (Fsp3) is 0.786. The van der Waals surface area contributed by atoms with Crippen LogP contribution in [0.2, 0.25) is 0 Å². The summed E-state index contributed by atoms with van der Waals surface area (Å²) in [7, 11) is 1.79. The van der Waals surface area contributed by atoms with E-state index in [1.807, 2.05) is 0 Å². The molecule has 0 amide bonds.